The highest BCUT2D eigenvalue weighted by atomic mass is 79.9. The molecule has 0 aliphatic rings. The van der Waals surface area contributed by atoms with Gasteiger partial charge in [0.1, 0.15) is 6.54 Å². The largest absolute Gasteiger partial charge is 0.465 e. The van der Waals surface area contributed by atoms with Gasteiger partial charge in [0.15, 0.2) is 4.80 Å². The summed E-state index contributed by atoms with van der Waals surface area (Å²) in [4.78, 5) is 39.4. The third-order valence-electron chi connectivity index (χ3n) is 3.83. The molecule has 0 saturated heterocycles. The van der Waals surface area contributed by atoms with Crippen LogP contribution in [-0.2, 0) is 16.1 Å². The van der Waals surface area contributed by atoms with E-state index in [-0.39, 0.29) is 34.2 Å². The molecule has 0 fully saturated rings. The van der Waals surface area contributed by atoms with Gasteiger partial charge in [0.2, 0.25) is 0 Å². The van der Waals surface area contributed by atoms with Gasteiger partial charge >= 0.3 is 5.97 Å². The van der Waals surface area contributed by atoms with Crippen LogP contribution in [0.5, 0.6) is 0 Å². The van der Waals surface area contributed by atoms with Crippen molar-refractivity contribution in [2.75, 3.05) is 6.61 Å². The molecule has 11 heteroatoms. The quantitative estimate of drug-likeness (QED) is 0.296. The van der Waals surface area contributed by atoms with Gasteiger partial charge in [0, 0.05) is 16.6 Å². The second-order valence-electron chi connectivity index (χ2n) is 5.73. The number of nitro groups is 1. The number of carbonyl (C=O) groups is 2. The number of esters is 1. The number of nitrogens with zero attached hydrogens (tertiary/aromatic N) is 3. The summed E-state index contributed by atoms with van der Waals surface area (Å²) in [5.74, 6) is -1.22. The smallest absolute Gasteiger partial charge is 0.326 e. The molecule has 1 amide bonds. The van der Waals surface area contributed by atoms with Gasteiger partial charge in [0.05, 0.1) is 32.3 Å². The molecular formula is C18H13BrClN3O5S. The molecule has 2 aromatic carbocycles. The fourth-order valence-electron chi connectivity index (χ4n) is 2.56. The normalized spacial score (nSPS) is 11.6. The molecular weight excluding hydrogens is 486 g/mol. The van der Waals surface area contributed by atoms with Gasteiger partial charge in [-0.25, -0.2) is 0 Å². The number of benzene rings is 2. The minimum absolute atomic E-state index is 0.0464. The highest BCUT2D eigenvalue weighted by molar-refractivity contribution is 9.10. The van der Waals surface area contributed by atoms with E-state index < -0.39 is 16.8 Å². The zero-order chi connectivity index (χ0) is 21.1. The van der Waals surface area contributed by atoms with Crippen molar-refractivity contribution in [1.82, 2.24) is 4.57 Å². The van der Waals surface area contributed by atoms with Crippen LogP contribution in [0.1, 0.15) is 17.3 Å². The molecule has 3 rings (SSSR count). The minimum Gasteiger partial charge on any atom is -0.465 e. The lowest BCUT2D eigenvalue weighted by Gasteiger charge is -2.05. The van der Waals surface area contributed by atoms with E-state index in [1.54, 1.807) is 23.6 Å². The van der Waals surface area contributed by atoms with Crippen molar-refractivity contribution in [3.8, 4) is 0 Å². The molecule has 1 heterocycles. The van der Waals surface area contributed by atoms with Gasteiger partial charge in [-0.1, -0.05) is 38.9 Å². The Kier molecular flexibility index (Phi) is 6.46. The first kappa shape index (κ1) is 21.2. The number of rotatable bonds is 5. The van der Waals surface area contributed by atoms with Crippen LogP contribution in [0.15, 0.2) is 45.9 Å². The molecule has 0 N–H and O–H groups in total. The Hall–Kier alpha value is -2.56. The average Bonchev–Trinajstić information content (AvgIpc) is 2.98. The Bertz CT molecular complexity index is 1200. The van der Waals surface area contributed by atoms with E-state index in [1.807, 2.05) is 6.07 Å². The van der Waals surface area contributed by atoms with Crippen LogP contribution in [0.2, 0.25) is 5.02 Å². The summed E-state index contributed by atoms with van der Waals surface area (Å²) < 4.78 is 8.19. The number of nitro benzene ring substituents is 1. The summed E-state index contributed by atoms with van der Waals surface area (Å²) in [6.07, 6.45) is 0. The SMILES string of the molecule is CCOC(=O)Cn1c(=NC(=O)c2cc([N+](=O)[O-])ccc2Cl)sc2cc(Br)ccc21. The van der Waals surface area contributed by atoms with Gasteiger partial charge in [-0.2, -0.15) is 4.99 Å². The molecule has 3 aromatic rings. The van der Waals surface area contributed by atoms with E-state index in [2.05, 4.69) is 20.9 Å². The van der Waals surface area contributed by atoms with Gasteiger partial charge in [-0.3, -0.25) is 19.7 Å². The zero-order valence-electron chi connectivity index (χ0n) is 14.9. The Morgan fingerprint density at radius 2 is 2.07 bits per heavy atom. The van der Waals surface area contributed by atoms with E-state index in [0.717, 1.165) is 15.2 Å². The van der Waals surface area contributed by atoms with Gasteiger partial charge in [-0.15, -0.1) is 0 Å². The highest BCUT2D eigenvalue weighted by Gasteiger charge is 2.17. The lowest BCUT2D eigenvalue weighted by atomic mass is 10.2. The third kappa shape index (κ3) is 4.72. The van der Waals surface area contributed by atoms with Gasteiger partial charge < -0.3 is 9.30 Å². The van der Waals surface area contributed by atoms with E-state index in [0.29, 0.717) is 5.52 Å². The van der Waals surface area contributed by atoms with Crippen LogP contribution >= 0.6 is 38.9 Å². The lowest BCUT2D eigenvalue weighted by molar-refractivity contribution is -0.384. The maximum atomic E-state index is 12.7. The molecule has 0 bridgehead atoms. The highest BCUT2D eigenvalue weighted by Crippen LogP contribution is 2.24. The Balaban J connectivity index is 2.14. The maximum Gasteiger partial charge on any atom is 0.326 e. The first-order valence-electron chi connectivity index (χ1n) is 8.27. The van der Waals surface area contributed by atoms with E-state index in [4.69, 9.17) is 16.3 Å². The van der Waals surface area contributed by atoms with Crippen LogP contribution < -0.4 is 4.80 Å². The molecule has 29 heavy (non-hydrogen) atoms. The topological polar surface area (TPSA) is 104 Å². The molecule has 8 nitrogen and oxygen atoms in total. The summed E-state index contributed by atoms with van der Waals surface area (Å²) >= 11 is 10.6. The van der Waals surface area contributed by atoms with Crippen molar-refractivity contribution in [1.29, 1.82) is 0 Å². The summed E-state index contributed by atoms with van der Waals surface area (Å²) in [5, 5.41) is 11.0. The van der Waals surface area contributed by atoms with E-state index in [9.17, 15) is 19.7 Å². The predicted octanol–water partition coefficient (Wildman–Crippen LogP) is 4.33. The molecule has 0 unspecified atom stereocenters. The summed E-state index contributed by atoms with van der Waals surface area (Å²) in [5.41, 5.74) is 0.331. The van der Waals surface area contributed by atoms with Crippen LogP contribution in [0.25, 0.3) is 10.2 Å². The Morgan fingerprint density at radius 1 is 1.31 bits per heavy atom. The van der Waals surface area contributed by atoms with Crippen molar-refractivity contribution >= 4 is 66.6 Å². The second-order valence-corrected chi connectivity index (χ2v) is 8.06. The van der Waals surface area contributed by atoms with Crippen LogP contribution in [-0.4, -0.2) is 28.0 Å². The lowest BCUT2D eigenvalue weighted by Crippen LogP contribution is -2.23. The van der Waals surface area contributed by atoms with E-state index >= 15 is 0 Å². The van der Waals surface area contributed by atoms with Crippen molar-refractivity contribution in [3.63, 3.8) is 0 Å². The molecule has 0 aliphatic heterocycles. The van der Waals surface area contributed by atoms with Crippen molar-refractivity contribution in [2.24, 2.45) is 4.99 Å². The fourth-order valence-corrected chi connectivity index (χ4v) is 4.34. The number of amides is 1. The van der Waals surface area contributed by atoms with E-state index in [1.165, 1.54) is 23.5 Å². The number of halogens is 2. The molecule has 0 atom stereocenters. The number of thiazole rings is 1. The molecule has 0 radical (unpaired) electrons. The van der Waals surface area contributed by atoms with Crippen molar-refractivity contribution < 1.29 is 19.2 Å². The first-order valence-corrected chi connectivity index (χ1v) is 10.3. The number of ether oxygens (including phenoxy) is 1. The predicted molar refractivity (Wildman–Crippen MR) is 112 cm³/mol. The number of hydrogen-bond acceptors (Lipinski definition) is 6. The van der Waals surface area contributed by atoms with Gasteiger partial charge in [-0.05, 0) is 31.2 Å². The fraction of sp³-hybridized carbons (Fsp3) is 0.167. The molecule has 0 aliphatic carbocycles. The van der Waals surface area contributed by atoms with Crippen LogP contribution in [0, 0.1) is 10.1 Å². The summed E-state index contributed by atoms with van der Waals surface area (Å²) in [7, 11) is 0. The Morgan fingerprint density at radius 3 is 2.76 bits per heavy atom. The van der Waals surface area contributed by atoms with Crippen molar-refractivity contribution in [3.05, 3.63) is 66.4 Å². The number of hydrogen-bond donors (Lipinski definition) is 0. The first-order chi connectivity index (χ1) is 13.8. The molecule has 0 saturated carbocycles. The molecule has 150 valence electrons. The van der Waals surface area contributed by atoms with Gasteiger partial charge in [0.25, 0.3) is 11.6 Å². The zero-order valence-corrected chi connectivity index (χ0v) is 18.1. The monoisotopic (exact) mass is 497 g/mol. The second kappa shape index (κ2) is 8.85. The number of aromatic nitrogens is 1. The van der Waals surface area contributed by atoms with Crippen LogP contribution in [0.4, 0.5) is 5.69 Å². The minimum atomic E-state index is -0.748. The third-order valence-corrected chi connectivity index (χ3v) is 5.69. The molecule has 0 spiro atoms. The molecule has 1 aromatic heterocycles. The summed E-state index contributed by atoms with van der Waals surface area (Å²) in [6, 6.07) is 8.99. The summed E-state index contributed by atoms with van der Waals surface area (Å²) in [6.45, 7) is 1.79. The standard InChI is InChI=1S/C18H13BrClN3O5S/c1-2-28-16(24)9-22-14-6-3-10(19)7-15(14)29-18(22)21-17(25)12-8-11(23(26)27)4-5-13(12)20/h3-8H,2,9H2,1H3. The number of fused-ring (bicyclic) bond motifs is 1. The number of non-ortho nitro benzene ring substituents is 1. The van der Waals surface area contributed by atoms with Crippen LogP contribution in [0.3, 0.4) is 0 Å². The Labute approximate surface area is 181 Å². The maximum absolute atomic E-state index is 12.7. The average molecular weight is 499 g/mol. The van der Waals surface area contributed by atoms with Crippen molar-refractivity contribution in [2.45, 2.75) is 13.5 Å². The number of carbonyl (C=O) groups excluding carboxylic acids is 2.